The first-order valence-electron chi connectivity index (χ1n) is 7.54. The molecule has 0 atom stereocenters. The number of hydrogen-bond donors (Lipinski definition) is 1. The molecule has 18 heavy (non-hydrogen) atoms. The normalized spacial score (nSPS) is 24.8. The van der Waals surface area contributed by atoms with Crippen molar-refractivity contribution in [2.45, 2.75) is 12.8 Å². The number of hydrogen-bond acceptors (Lipinski definition) is 4. The van der Waals surface area contributed by atoms with Crippen molar-refractivity contribution in [1.82, 2.24) is 20.0 Å². The maximum atomic E-state index is 3.45. The highest BCUT2D eigenvalue weighted by Crippen LogP contribution is 2.14. The molecule has 2 rings (SSSR count). The lowest BCUT2D eigenvalue weighted by atomic mass is 9.97. The minimum absolute atomic E-state index is 0.944. The van der Waals surface area contributed by atoms with Crippen LogP contribution in [0.4, 0.5) is 0 Å². The molecule has 2 heterocycles. The molecule has 0 bridgehead atoms. The van der Waals surface area contributed by atoms with Gasteiger partial charge in [-0.05, 0) is 45.9 Å². The highest BCUT2D eigenvalue weighted by molar-refractivity contribution is 4.77. The van der Waals surface area contributed by atoms with Crippen molar-refractivity contribution in [2.24, 2.45) is 5.92 Å². The van der Waals surface area contributed by atoms with E-state index in [4.69, 9.17) is 0 Å². The van der Waals surface area contributed by atoms with Crippen LogP contribution in [0.25, 0.3) is 0 Å². The number of rotatable bonds is 5. The average Bonchev–Trinajstić information content (AvgIpc) is 2.39. The second kappa shape index (κ2) is 7.43. The number of nitrogens with zero attached hydrogens (tertiary/aromatic N) is 3. The molecule has 0 spiro atoms. The fourth-order valence-corrected chi connectivity index (χ4v) is 2.97. The molecule has 2 aliphatic heterocycles. The van der Waals surface area contributed by atoms with Gasteiger partial charge in [0.05, 0.1) is 0 Å². The van der Waals surface area contributed by atoms with Crippen LogP contribution in [-0.2, 0) is 0 Å². The van der Waals surface area contributed by atoms with Crippen molar-refractivity contribution in [3.8, 4) is 0 Å². The number of piperidine rings is 1. The Morgan fingerprint density at radius 1 is 1.00 bits per heavy atom. The highest BCUT2D eigenvalue weighted by Gasteiger charge is 2.21. The molecule has 0 saturated carbocycles. The predicted octanol–water partition coefficient (Wildman–Crippen LogP) is 0.165. The van der Waals surface area contributed by atoms with E-state index in [2.05, 4.69) is 34.1 Å². The molecule has 1 N–H and O–H groups in total. The fourth-order valence-electron chi connectivity index (χ4n) is 2.97. The van der Waals surface area contributed by atoms with Gasteiger partial charge in [-0.25, -0.2) is 0 Å². The molecule has 4 nitrogen and oxygen atoms in total. The van der Waals surface area contributed by atoms with Crippen LogP contribution in [0.3, 0.4) is 0 Å². The van der Waals surface area contributed by atoms with Crippen molar-refractivity contribution in [3.05, 3.63) is 0 Å². The van der Waals surface area contributed by atoms with E-state index in [0.717, 1.165) is 5.92 Å². The van der Waals surface area contributed by atoms with Crippen molar-refractivity contribution < 1.29 is 0 Å². The molecule has 0 aromatic rings. The van der Waals surface area contributed by atoms with Gasteiger partial charge in [-0.2, -0.15) is 0 Å². The number of nitrogens with one attached hydrogen (secondary N) is 1. The van der Waals surface area contributed by atoms with E-state index in [1.165, 1.54) is 71.7 Å². The maximum Gasteiger partial charge on any atom is 0.0110 e. The quantitative estimate of drug-likeness (QED) is 0.755. The first-order valence-corrected chi connectivity index (χ1v) is 7.54. The summed E-state index contributed by atoms with van der Waals surface area (Å²) < 4.78 is 0. The van der Waals surface area contributed by atoms with Crippen LogP contribution in [0, 0.1) is 5.92 Å². The van der Waals surface area contributed by atoms with Crippen LogP contribution >= 0.6 is 0 Å². The molecule has 0 amide bonds. The van der Waals surface area contributed by atoms with E-state index in [0.29, 0.717) is 0 Å². The predicted molar refractivity (Wildman–Crippen MR) is 77.0 cm³/mol. The Balaban J connectivity index is 1.60. The maximum absolute atomic E-state index is 3.45. The van der Waals surface area contributed by atoms with E-state index in [9.17, 15) is 0 Å². The average molecular weight is 254 g/mol. The molecule has 0 unspecified atom stereocenters. The Morgan fingerprint density at radius 3 is 2.22 bits per heavy atom. The van der Waals surface area contributed by atoms with Gasteiger partial charge in [0.2, 0.25) is 0 Å². The fraction of sp³-hybridized carbons (Fsp3) is 1.00. The summed E-state index contributed by atoms with van der Waals surface area (Å²) in [5, 5.41) is 3.45. The molecule has 0 aromatic carbocycles. The SMILES string of the molecule is CN(C)CCN1CCN(CC2CCNCC2)CC1. The van der Waals surface area contributed by atoms with Crippen LogP contribution in [0.1, 0.15) is 12.8 Å². The van der Waals surface area contributed by atoms with Gasteiger partial charge < -0.3 is 15.1 Å². The third-order valence-electron chi connectivity index (χ3n) is 4.30. The first kappa shape index (κ1) is 14.3. The lowest BCUT2D eigenvalue weighted by Gasteiger charge is -2.37. The molecule has 0 radical (unpaired) electrons. The Morgan fingerprint density at radius 2 is 1.61 bits per heavy atom. The Kier molecular flexibility index (Phi) is 5.89. The van der Waals surface area contributed by atoms with Gasteiger partial charge in [0, 0.05) is 45.8 Å². The molecule has 0 aliphatic carbocycles. The van der Waals surface area contributed by atoms with E-state index >= 15 is 0 Å². The molecule has 106 valence electrons. The van der Waals surface area contributed by atoms with Gasteiger partial charge in [0.1, 0.15) is 0 Å². The summed E-state index contributed by atoms with van der Waals surface area (Å²) in [4.78, 5) is 7.57. The molecular weight excluding hydrogens is 224 g/mol. The molecular formula is C14H30N4. The lowest BCUT2D eigenvalue weighted by Crippen LogP contribution is -2.49. The van der Waals surface area contributed by atoms with Crippen molar-refractivity contribution in [2.75, 3.05) is 73.0 Å². The summed E-state index contributed by atoms with van der Waals surface area (Å²) in [6.45, 7) is 11.3. The van der Waals surface area contributed by atoms with Crippen LogP contribution < -0.4 is 5.32 Å². The van der Waals surface area contributed by atoms with Gasteiger partial charge in [0.25, 0.3) is 0 Å². The van der Waals surface area contributed by atoms with Crippen LogP contribution in [0.5, 0.6) is 0 Å². The zero-order valence-corrected chi connectivity index (χ0v) is 12.2. The van der Waals surface area contributed by atoms with Crippen molar-refractivity contribution >= 4 is 0 Å². The Labute approximate surface area is 112 Å². The Bertz CT molecular complexity index is 218. The highest BCUT2D eigenvalue weighted by atomic mass is 15.3. The summed E-state index contributed by atoms with van der Waals surface area (Å²) in [6.07, 6.45) is 2.75. The zero-order chi connectivity index (χ0) is 12.8. The van der Waals surface area contributed by atoms with Gasteiger partial charge in [0.15, 0.2) is 0 Å². The standard InChI is InChI=1S/C14H30N4/c1-16(2)7-8-17-9-11-18(12-10-17)13-14-3-5-15-6-4-14/h14-15H,3-13H2,1-2H3. The monoisotopic (exact) mass is 254 g/mol. The second-order valence-electron chi connectivity index (χ2n) is 6.14. The third-order valence-corrected chi connectivity index (χ3v) is 4.30. The molecule has 2 saturated heterocycles. The Hall–Kier alpha value is -0.160. The van der Waals surface area contributed by atoms with Crippen LogP contribution in [0.2, 0.25) is 0 Å². The molecule has 4 heteroatoms. The smallest absolute Gasteiger partial charge is 0.0110 e. The summed E-state index contributed by atoms with van der Waals surface area (Å²) in [6, 6.07) is 0. The zero-order valence-electron chi connectivity index (χ0n) is 12.2. The largest absolute Gasteiger partial charge is 0.317 e. The van der Waals surface area contributed by atoms with Gasteiger partial charge in [-0.15, -0.1) is 0 Å². The third kappa shape index (κ3) is 4.84. The summed E-state index contributed by atoms with van der Waals surface area (Å²) in [5.41, 5.74) is 0. The number of likely N-dealkylation sites (N-methyl/N-ethyl adjacent to an activating group) is 1. The minimum atomic E-state index is 0.944. The van der Waals surface area contributed by atoms with Crippen LogP contribution in [0.15, 0.2) is 0 Å². The van der Waals surface area contributed by atoms with Gasteiger partial charge in [-0.1, -0.05) is 0 Å². The minimum Gasteiger partial charge on any atom is -0.317 e. The van der Waals surface area contributed by atoms with Crippen molar-refractivity contribution in [3.63, 3.8) is 0 Å². The van der Waals surface area contributed by atoms with Crippen LogP contribution in [-0.4, -0.2) is 87.7 Å². The summed E-state index contributed by atoms with van der Waals surface area (Å²) >= 11 is 0. The van der Waals surface area contributed by atoms with Gasteiger partial charge >= 0.3 is 0 Å². The summed E-state index contributed by atoms with van der Waals surface area (Å²) in [5.74, 6) is 0.944. The van der Waals surface area contributed by atoms with E-state index in [1.807, 2.05) is 0 Å². The first-order chi connectivity index (χ1) is 8.74. The van der Waals surface area contributed by atoms with Gasteiger partial charge in [-0.3, -0.25) is 4.90 Å². The molecule has 2 aliphatic rings. The second-order valence-corrected chi connectivity index (χ2v) is 6.14. The lowest BCUT2D eigenvalue weighted by molar-refractivity contribution is 0.106. The van der Waals surface area contributed by atoms with E-state index in [1.54, 1.807) is 0 Å². The molecule has 0 aromatic heterocycles. The number of piperazine rings is 1. The van der Waals surface area contributed by atoms with E-state index < -0.39 is 0 Å². The topological polar surface area (TPSA) is 21.8 Å². The van der Waals surface area contributed by atoms with Crippen molar-refractivity contribution in [1.29, 1.82) is 0 Å². The van der Waals surface area contributed by atoms with E-state index in [-0.39, 0.29) is 0 Å². The summed E-state index contributed by atoms with van der Waals surface area (Å²) in [7, 11) is 4.32. The molecule has 2 fully saturated rings.